The van der Waals surface area contributed by atoms with E-state index in [2.05, 4.69) is 0 Å². The summed E-state index contributed by atoms with van der Waals surface area (Å²) in [6.45, 7) is 1.09. The molecule has 0 saturated heterocycles. The molecule has 0 aliphatic rings. The molecule has 1 aromatic heterocycles. The van der Waals surface area contributed by atoms with Crippen LogP contribution in [0.2, 0.25) is 5.02 Å². The van der Waals surface area contributed by atoms with Gasteiger partial charge in [-0.25, -0.2) is 4.79 Å². The highest BCUT2D eigenvalue weighted by Gasteiger charge is 2.13. The minimum atomic E-state index is 0.00000283. The molecule has 0 unspecified atom stereocenters. The van der Waals surface area contributed by atoms with E-state index in [9.17, 15) is 4.79 Å². The van der Waals surface area contributed by atoms with E-state index in [1.165, 1.54) is 0 Å². The summed E-state index contributed by atoms with van der Waals surface area (Å²) in [4.78, 5) is 13.1. The molecule has 0 radical (unpaired) electrons. The number of imidazole rings is 1. The first-order valence-electron chi connectivity index (χ1n) is 8.19. The van der Waals surface area contributed by atoms with Crippen LogP contribution in [-0.4, -0.2) is 9.13 Å². The van der Waals surface area contributed by atoms with Gasteiger partial charge in [-0.1, -0.05) is 66.2 Å². The molecule has 4 aromatic rings. The average molecular weight is 349 g/mol. The molecular weight excluding hydrogens is 332 g/mol. The van der Waals surface area contributed by atoms with Gasteiger partial charge in [-0.05, 0) is 35.4 Å². The maximum atomic E-state index is 13.1. The zero-order valence-corrected chi connectivity index (χ0v) is 14.4. The molecule has 0 amide bonds. The van der Waals surface area contributed by atoms with Crippen LogP contribution in [0, 0.1) is 0 Å². The lowest BCUT2D eigenvalue weighted by molar-refractivity contribution is 0.701. The number of para-hydroxylation sites is 2. The van der Waals surface area contributed by atoms with E-state index in [4.69, 9.17) is 11.6 Å². The number of hydrogen-bond acceptors (Lipinski definition) is 1. The van der Waals surface area contributed by atoms with Crippen molar-refractivity contribution in [1.29, 1.82) is 0 Å². The highest BCUT2D eigenvalue weighted by atomic mass is 35.5. The molecule has 0 bridgehead atoms. The largest absolute Gasteiger partial charge is 0.329 e. The predicted octanol–water partition coefficient (Wildman–Crippen LogP) is 4.55. The molecule has 1 heterocycles. The molecule has 0 atom stereocenters. The Hall–Kier alpha value is -2.78. The van der Waals surface area contributed by atoms with E-state index in [1.807, 2.05) is 88.0 Å². The van der Waals surface area contributed by atoms with Crippen molar-refractivity contribution in [3.8, 4) is 0 Å². The Morgan fingerprint density at radius 2 is 1.12 bits per heavy atom. The van der Waals surface area contributed by atoms with Crippen LogP contribution < -0.4 is 5.69 Å². The first-order valence-corrected chi connectivity index (χ1v) is 8.56. The van der Waals surface area contributed by atoms with E-state index >= 15 is 0 Å². The lowest BCUT2D eigenvalue weighted by atomic mass is 10.2. The smallest absolute Gasteiger partial charge is 0.287 e. The van der Waals surface area contributed by atoms with Gasteiger partial charge in [-0.15, -0.1) is 0 Å². The summed E-state index contributed by atoms with van der Waals surface area (Å²) >= 11 is 5.96. The fourth-order valence-corrected chi connectivity index (χ4v) is 3.24. The number of halogens is 1. The standard InChI is InChI=1S/C21H17ClN2O/c22-18-12-10-17(11-13-18)15-24-20-9-5-4-8-19(20)23(21(24)25)14-16-6-2-1-3-7-16/h1-13H,14-15H2. The zero-order valence-electron chi connectivity index (χ0n) is 13.6. The number of benzene rings is 3. The third kappa shape index (κ3) is 3.11. The van der Waals surface area contributed by atoms with Crippen molar-refractivity contribution in [2.75, 3.05) is 0 Å². The van der Waals surface area contributed by atoms with Gasteiger partial charge < -0.3 is 0 Å². The first-order chi connectivity index (χ1) is 12.2. The Bertz CT molecular complexity index is 1060. The maximum Gasteiger partial charge on any atom is 0.329 e. The normalized spacial score (nSPS) is 11.1. The molecule has 124 valence electrons. The number of hydrogen-bond donors (Lipinski definition) is 0. The molecule has 4 heteroatoms. The molecule has 0 saturated carbocycles. The van der Waals surface area contributed by atoms with Crippen molar-refractivity contribution >= 4 is 22.6 Å². The molecule has 4 rings (SSSR count). The summed E-state index contributed by atoms with van der Waals surface area (Å²) in [5, 5.41) is 0.697. The Morgan fingerprint density at radius 1 is 0.640 bits per heavy atom. The monoisotopic (exact) mass is 348 g/mol. The molecule has 0 aliphatic carbocycles. The summed E-state index contributed by atoms with van der Waals surface area (Å²) in [5.41, 5.74) is 4.05. The number of aromatic nitrogens is 2. The molecule has 0 fully saturated rings. The van der Waals surface area contributed by atoms with Gasteiger partial charge in [0.2, 0.25) is 0 Å². The summed E-state index contributed by atoms with van der Waals surface area (Å²) in [7, 11) is 0. The third-order valence-corrected chi connectivity index (χ3v) is 4.61. The van der Waals surface area contributed by atoms with Crippen LogP contribution in [0.5, 0.6) is 0 Å². The van der Waals surface area contributed by atoms with Gasteiger partial charge in [0.25, 0.3) is 0 Å². The second kappa shape index (κ2) is 6.61. The van der Waals surface area contributed by atoms with Crippen LogP contribution in [0.4, 0.5) is 0 Å². The molecule has 0 N–H and O–H groups in total. The van der Waals surface area contributed by atoms with Crippen molar-refractivity contribution < 1.29 is 0 Å². The highest BCUT2D eigenvalue weighted by molar-refractivity contribution is 6.30. The molecule has 25 heavy (non-hydrogen) atoms. The van der Waals surface area contributed by atoms with Gasteiger partial charge in [-0.3, -0.25) is 9.13 Å². The summed E-state index contributed by atoms with van der Waals surface area (Å²) in [6, 6.07) is 25.6. The summed E-state index contributed by atoms with van der Waals surface area (Å²) in [5.74, 6) is 0. The molecular formula is C21H17ClN2O. The minimum Gasteiger partial charge on any atom is -0.287 e. The van der Waals surface area contributed by atoms with Crippen LogP contribution in [-0.2, 0) is 13.1 Å². The van der Waals surface area contributed by atoms with Crippen molar-refractivity contribution in [1.82, 2.24) is 9.13 Å². The second-order valence-electron chi connectivity index (χ2n) is 6.06. The summed E-state index contributed by atoms with van der Waals surface area (Å²) < 4.78 is 3.65. The lowest BCUT2D eigenvalue weighted by Crippen LogP contribution is -2.25. The van der Waals surface area contributed by atoms with Crippen molar-refractivity contribution in [3.05, 3.63) is 105 Å². The van der Waals surface area contributed by atoms with Crippen LogP contribution >= 0.6 is 11.6 Å². The van der Waals surface area contributed by atoms with E-state index in [0.29, 0.717) is 18.1 Å². The van der Waals surface area contributed by atoms with Crippen molar-refractivity contribution in [3.63, 3.8) is 0 Å². The molecule has 3 nitrogen and oxygen atoms in total. The topological polar surface area (TPSA) is 26.9 Å². The van der Waals surface area contributed by atoms with E-state index in [1.54, 1.807) is 0 Å². The molecule has 0 spiro atoms. The van der Waals surface area contributed by atoms with E-state index < -0.39 is 0 Å². The second-order valence-corrected chi connectivity index (χ2v) is 6.49. The van der Waals surface area contributed by atoms with Crippen molar-refractivity contribution in [2.24, 2.45) is 0 Å². The van der Waals surface area contributed by atoms with Gasteiger partial charge in [0.1, 0.15) is 0 Å². The van der Waals surface area contributed by atoms with Crippen LogP contribution in [0.15, 0.2) is 83.7 Å². The Kier molecular flexibility index (Phi) is 4.16. The fraction of sp³-hybridized carbons (Fsp3) is 0.0952. The number of fused-ring (bicyclic) bond motifs is 1. The number of nitrogens with zero attached hydrogens (tertiary/aromatic N) is 2. The van der Waals surface area contributed by atoms with Gasteiger partial charge in [0.05, 0.1) is 24.1 Å². The van der Waals surface area contributed by atoms with Gasteiger partial charge in [0.15, 0.2) is 0 Å². The van der Waals surface area contributed by atoms with Gasteiger partial charge in [0, 0.05) is 5.02 Å². The quantitative estimate of drug-likeness (QED) is 0.531. The van der Waals surface area contributed by atoms with Crippen LogP contribution in [0.25, 0.3) is 11.0 Å². The van der Waals surface area contributed by atoms with E-state index in [0.717, 1.165) is 22.2 Å². The maximum absolute atomic E-state index is 13.1. The van der Waals surface area contributed by atoms with E-state index in [-0.39, 0.29) is 5.69 Å². The minimum absolute atomic E-state index is 0.00000283. The van der Waals surface area contributed by atoms with Gasteiger partial charge in [-0.2, -0.15) is 0 Å². The highest BCUT2D eigenvalue weighted by Crippen LogP contribution is 2.17. The fourth-order valence-electron chi connectivity index (χ4n) is 3.12. The van der Waals surface area contributed by atoms with Crippen LogP contribution in [0.3, 0.4) is 0 Å². The lowest BCUT2D eigenvalue weighted by Gasteiger charge is -2.04. The Labute approximate surface area is 150 Å². The zero-order chi connectivity index (χ0) is 17.2. The van der Waals surface area contributed by atoms with Crippen LogP contribution in [0.1, 0.15) is 11.1 Å². The average Bonchev–Trinajstić information content (AvgIpc) is 2.90. The Morgan fingerprint density at radius 3 is 1.68 bits per heavy atom. The van der Waals surface area contributed by atoms with Crippen molar-refractivity contribution in [2.45, 2.75) is 13.1 Å². The number of rotatable bonds is 4. The Balaban J connectivity index is 1.81. The first kappa shape index (κ1) is 15.7. The third-order valence-electron chi connectivity index (χ3n) is 4.36. The molecule has 3 aromatic carbocycles. The van der Waals surface area contributed by atoms with Gasteiger partial charge >= 0.3 is 5.69 Å². The SMILES string of the molecule is O=c1n(Cc2ccccc2)c2ccccc2n1Cc1ccc(Cl)cc1. The summed E-state index contributed by atoms with van der Waals surface area (Å²) in [6.07, 6.45) is 0. The molecule has 0 aliphatic heterocycles. The predicted molar refractivity (Wildman–Crippen MR) is 102 cm³/mol.